The second kappa shape index (κ2) is 6.35. The highest BCUT2D eigenvalue weighted by atomic mass is 16.5. The van der Waals surface area contributed by atoms with Crippen LogP contribution in [0.5, 0.6) is 5.75 Å². The molecule has 1 atom stereocenters. The van der Waals surface area contributed by atoms with Crippen LogP contribution in [0.1, 0.15) is 29.6 Å². The summed E-state index contributed by atoms with van der Waals surface area (Å²) in [5, 5.41) is 3.26. The SMILES string of the molecule is CN(CC1CCCCO1)C(=O)c1cccc2c1OCCN2. The van der Waals surface area contributed by atoms with Crippen molar-refractivity contribution in [1.29, 1.82) is 0 Å². The van der Waals surface area contributed by atoms with Crippen LogP contribution in [-0.4, -0.2) is 50.3 Å². The summed E-state index contributed by atoms with van der Waals surface area (Å²) in [7, 11) is 1.83. The molecule has 1 aromatic rings. The molecule has 1 amide bonds. The topological polar surface area (TPSA) is 50.8 Å². The van der Waals surface area contributed by atoms with Crippen molar-refractivity contribution in [2.45, 2.75) is 25.4 Å². The first-order valence-corrected chi connectivity index (χ1v) is 7.62. The van der Waals surface area contributed by atoms with Crippen molar-refractivity contribution >= 4 is 11.6 Å². The average Bonchev–Trinajstić information content (AvgIpc) is 2.54. The zero-order valence-electron chi connectivity index (χ0n) is 12.4. The van der Waals surface area contributed by atoms with Crippen LogP contribution in [0.4, 0.5) is 5.69 Å². The standard InChI is InChI=1S/C16H22N2O3/c1-18(11-12-5-2-3-9-20-12)16(19)13-6-4-7-14-15(13)21-10-8-17-14/h4,6-7,12,17H,2-3,5,8-11H2,1H3. The summed E-state index contributed by atoms with van der Waals surface area (Å²) in [5.41, 5.74) is 1.52. The van der Waals surface area contributed by atoms with Crippen LogP contribution in [0, 0.1) is 0 Å². The van der Waals surface area contributed by atoms with Crippen LogP contribution < -0.4 is 10.1 Å². The Bertz CT molecular complexity index is 512. The molecule has 2 aliphatic rings. The first-order chi connectivity index (χ1) is 10.3. The quantitative estimate of drug-likeness (QED) is 0.926. The van der Waals surface area contributed by atoms with Gasteiger partial charge in [-0.3, -0.25) is 4.79 Å². The minimum absolute atomic E-state index is 0.00952. The Morgan fingerprint density at radius 3 is 3.10 bits per heavy atom. The van der Waals surface area contributed by atoms with E-state index in [-0.39, 0.29) is 12.0 Å². The molecule has 1 aromatic carbocycles. The van der Waals surface area contributed by atoms with E-state index >= 15 is 0 Å². The highest BCUT2D eigenvalue weighted by Gasteiger charge is 2.24. The van der Waals surface area contributed by atoms with E-state index in [0.29, 0.717) is 24.5 Å². The third-order valence-corrected chi connectivity index (χ3v) is 4.01. The lowest BCUT2D eigenvalue weighted by Crippen LogP contribution is -2.37. The number of anilines is 1. The van der Waals surface area contributed by atoms with E-state index < -0.39 is 0 Å². The minimum Gasteiger partial charge on any atom is -0.489 e. The summed E-state index contributed by atoms with van der Waals surface area (Å²) in [4.78, 5) is 14.4. The van der Waals surface area contributed by atoms with Crippen LogP contribution in [0.25, 0.3) is 0 Å². The molecule has 0 radical (unpaired) electrons. The van der Waals surface area contributed by atoms with Gasteiger partial charge in [0.25, 0.3) is 5.91 Å². The van der Waals surface area contributed by atoms with E-state index in [1.165, 1.54) is 6.42 Å². The molecule has 2 aliphatic heterocycles. The summed E-state index contributed by atoms with van der Waals surface area (Å²) >= 11 is 0. The predicted octanol–water partition coefficient (Wildman–Crippen LogP) is 2.13. The molecule has 1 fully saturated rings. The molecule has 5 heteroatoms. The van der Waals surface area contributed by atoms with Gasteiger partial charge < -0.3 is 19.7 Å². The summed E-state index contributed by atoms with van der Waals surface area (Å²) in [5.74, 6) is 0.662. The molecule has 3 rings (SSSR count). The van der Waals surface area contributed by atoms with Gasteiger partial charge in [0.15, 0.2) is 5.75 Å². The molecule has 0 saturated carbocycles. The number of amides is 1. The molecule has 0 aliphatic carbocycles. The lowest BCUT2D eigenvalue weighted by atomic mass is 10.1. The molecule has 0 aromatic heterocycles. The van der Waals surface area contributed by atoms with E-state index in [0.717, 1.165) is 31.7 Å². The molecule has 0 spiro atoms. The van der Waals surface area contributed by atoms with Gasteiger partial charge in [0, 0.05) is 26.7 Å². The van der Waals surface area contributed by atoms with Crippen molar-refractivity contribution in [3.63, 3.8) is 0 Å². The number of carbonyl (C=O) groups is 1. The summed E-state index contributed by atoms with van der Waals surface area (Å²) in [6.07, 6.45) is 3.49. The zero-order chi connectivity index (χ0) is 14.7. The lowest BCUT2D eigenvalue weighted by Gasteiger charge is -2.28. The average molecular weight is 290 g/mol. The fourth-order valence-electron chi connectivity index (χ4n) is 2.88. The van der Waals surface area contributed by atoms with Gasteiger partial charge in [0.1, 0.15) is 6.61 Å². The number of benzene rings is 1. The second-order valence-electron chi connectivity index (χ2n) is 5.63. The number of hydrogen-bond acceptors (Lipinski definition) is 4. The smallest absolute Gasteiger partial charge is 0.257 e. The van der Waals surface area contributed by atoms with Gasteiger partial charge in [-0.05, 0) is 31.4 Å². The maximum atomic E-state index is 12.7. The molecule has 0 bridgehead atoms. The molecular weight excluding hydrogens is 268 g/mol. The summed E-state index contributed by atoms with van der Waals surface area (Å²) < 4.78 is 11.4. The van der Waals surface area contributed by atoms with Gasteiger partial charge in [-0.15, -0.1) is 0 Å². The van der Waals surface area contributed by atoms with E-state index in [1.54, 1.807) is 4.90 Å². The third kappa shape index (κ3) is 3.13. The van der Waals surface area contributed by atoms with Crippen molar-refractivity contribution in [2.75, 3.05) is 38.7 Å². The molecule has 1 N–H and O–H groups in total. The Balaban J connectivity index is 1.72. The van der Waals surface area contributed by atoms with E-state index in [2.05, 4.69) is 5.32 Å². The largest absolute Gasteiger partial charge is 0.489 e. The molecule has 1 saturated heterocycles. The van der Waals surface area contributed by atoms with Gasteiger partial charge >= 0.3 is 0 Å². The third-order valence-electron chi connectivity index (χ3n) is 4.01. The van der Waals surface area contributed by atoms with Crippen molar-refractivity contribution in [3.8, 4) is 5.75 Å². The highest BCUT2D eigenvalue weighted by Crippen LogP contribution is 2.32. The zero-order valence-corrected chi connectivity index (χ0v) is 12.4. The van der Waals surface area contributed by atoms with Crippen LogP contribution in [0.3, 0.4) is 0 Å². The first-order valence-electron chi connectivity index (χ1n) is 7.62. The minimum atomic E-state index is -0.00952. The molecule has 21 heavy (non-hydrogen) atoms. The number of rotatable bonds is 3. The normalized spacial score (nSPS) is 20.9. The number of para-hydroxylation sites is 1. The maximum absolute atomic E-state index is 12.7. The van der Waals surface area contributed by atoms with E-state index in [4.69, 9.17) is 9.47 Å². The van der Waals surface area contributed by atoms with Gasteiger partial charge in [-0.1, -0.05) is 6.07 Å². The Morgan fingerprint density at radius 1 is 1.38 bits per heavy atom. The Kier molecular flexibility index (Phi) is 4.29. The predicted molar refractivity (Wildman–Crippen MR) is 81.0 cm³/mol. The second-order valence-corrected chi connectivity index (χ2v) is 5.63. The number of hydrogen-bond donors (Lipinski definition) is 1. The fraction of sp³-hybridized carbons (Fsp3) is 0.562. The lowest BCUT2D eigenvalue weighted by molar-refractivity contribution is -0.000252. The van der Waals surface area contributed by atoms with Crippen molar-refractivity contribution < 1.29 is 14.3 Å². The number of likely N-dealkylation sites (N-methyl/N-ethyl adjacent to an activating group) is 1. The van der Waals surface area contributed by atoms with Crippen LogP contribution in [0.15, 0.2) is 18.2 Å². The molecule has 114 valence electrons. The van der Waals surface area contributed by atoms with Crippen LogP contribution in [-0.2, 0) is 4.74 Å². The molecule has 2 heterocycles. The van der Waals surface area contributed by atoms with Gasteiger partial charge in [0.05, 0.1) is 17.4 Å². The summed E-state index contributed by atoms with van der Waals surface area (Å²) in [6, 6.07) is 5.65. The molecular formula is C16H22N2O3. The fourth-order valence-corrected chi connectivity index (χ4v) is 2.88. The maximum Gasteiger partial charge on any atom is 0.257 e. The number of fused-ring (bicyclic) bond motifs is 1. The van der Waals surface area contributed by atoms with Crippen molar-refractivity contribution in [3.05, 3.63) is 23.8 Å². The number of carbonyl (C=O) groups excluding carboxylic acids is 1. The Morgan fingerprint density at radius 2 is 2.29 bits per heavy atom. The van der Waals surface area contributed by atoms with Crippen LogP contribution >= 0.6 is 0 Å². The summed E-state index contributed by atoms with van der Waals surface area (Å²) in [6.45, 7) is 2.81. The van der Waals surface area contributed by atoms with E-state index in [9.17, 15) is 4.79 Å². The Labute approximate surface area is 125 Å². The number of ether oxygens (including phenoxy) is 2. The first kappa shape index (κ1) is 14.2. The van der Waals surface area contributed by atoms with E-state index in [1.807, 2.05) is 25.2 Å². The monoisotopic (exact) mass is 290 g/mol. The van der Waals surface area contributed by atoms with Crippen LogP contribution in [0.2, 0.25) is 0 Å². The number of nitrogens with zero attached hydrogens (tertiary/aromatic N) is 1. The molecule has 1 unspecified atom stereocenters. The van der Waals surface area contributed by atoms with Gasteiger partial charge in [0.2, 0.25) is 0 Å². The van der Waals surface area contributed by atoms with Crippen molar-refractivity contribution in [2.24, 2.45) is 0 Å². The Hall–Kier alpha value is -1.75. The van der Waals surface area contributed by atoms with Crippen molar-refractivity contribution in [1.82, 2.24) is 4.90 Å². The number of nitrogens with one attached hydrogen (secondary N) is 1. The van der Waals surface area contributed by atoms with Gasteiger partial charge in [-0.2, -0.15) is 0 Å². The molecule has 5 nitrogen and oxygen atoms in total. The highest BCUT2D eigenvalue weighted by molar-refractivity contribution is 5.98. The van der Waals surface area contributed by atoms with Gasteiger partial charge in [-0.25, -0.2) is 0 Å².